The van der Waals surface area contributed by atoms with Crippen molar-refractivity contribution in [2.24, 2.45) is 4.99 Å². The zero-order chi connectivity index (χ0) is 13.5. The van der Waals surface area contributed by atoms with Gasteiger partial charge in [-0.15, -0.1) is 0 Å². The van der Waals surface area contributed by atoms with Gasteiger partial charge in [0, 0.05) is 5.25 Å². The van der Waals surface area contributed by atoms with Crippen LogP contribution in [-0.2, 0) is 0 Å². The average molecular weight is 278 g/mol. The molecule has 0 aromatic heterocycles. The molecule has 0 saturated carbocycles. The van der Waals surface area contributed by atoms with Crippen LogP contribution in [0, 0.1) is 6.92 Å². The summed E-state index contributed by atoms with van der Waals surface area (Å²) in [6, 6.07) is 8.14. The number of rotatable bonds is 6. The molecule has 1 aromatic carbocycles. The van der Waals surface area contributed by atoms with Crippen LogP contribution in [-0.4, -0.2) is 30.1 Å². The van der Waals surface area contributed by atoms with Gasteiger partial charge in [-0.2, -0.15) is 0 Å². The van der Waals surface area contributed by atoms with Crippen molar-refractivity contribution in [1.29, 1.82) is 0 Å². The summed E-state index contributed by atoms with van der Waals surface area (Å²) in [5.41, 5.74) is 1.23. The molecule has 1 N–H and O–H groups in total. The van der Waals surface area contributed by atoms with Gasteiger partial charge in [-0.1, -0.05) is 37.2 Å². The standard InChI is InChI=1S/C15H22N2OS/c1-3-5-14-11-17-15(19-14)16-8-9-18-13-7-4-6-12(2)10-13/h4,6-7,10,14H,3,5,8-9,11H2,1-2H3,(H,16,17). The fourth-order valence-corrected chi connectivity index (χ4v) is 3.17. The van der Waals surface area contributed by atoms with E-state index in [1.54, 1.807) is 0 Å². The number of hydrogen-bond acceptors (Lipinski definition) is 4. The number of ether oxygens (including phenoxy) is 1. The predicted molar refractivity (Wildman–Crippen MR) is 83.3 cm³/mol. The minimum atomic E-state index is 0.668. The molecule has 0 amide bonds. The van der Waals surface area contributed by atoms with E-state index in [1.165, 1.54) is 18.4 Å². The van der Waals surface area contributed by atoms with Crippen LogP contribution in [0.2, 0.25) is 0 Å². The van der Waals surface area contributed by atoms with Gasteiger partial charge in [0.2, 0.25) is 0 Å². The predicted octanol–water partition coefficient (Wildman–Crippen LogP) is 3.23. The first kappa shape index (κ1) is 14.3. The van der Waals surface area contributed by atoms with Crippen molar-refractivity contribution >= 4 is 16.9 Å². The summed E-state index contributed by atoms with van der Waals surface area (Å²) in [4.78, 5) is 4.51. The number of aryl methyl sites for hydroxylation is 1. The Kier molecular flexibility index (Phi) is 5.58. The monoisotopic (exact) mass is 278 g/mol. The molecule has 1 aliphatic heterocycles. The van der Waals surface area contributed by atoms with Crippen LogP contribution in [0.25, 0.3) is 0 Å². The molecule has 0 fully saturated rings. The highest BCUT2D eigenvalue weighted by Crippen LogP contribution is 2.23. The molecule has 19 heavy (non-hydrogen) atoms. The zero-order valence-corrected chi connectivity index (χ0v) is 12.5. The molecule has 3 nitrogen and oxygen atoms in total. The maximum atomic E-state index is 5.69. The first-order valence-electron chi connectivity index (χ1n) is 6.92. The fourth-order valence-electron chi connectivity index (χ4n) is 2.02. The van der Waals surface area contributed by atoms with Crippen LogP contribution < -0.4 is 10.1 Å². The lowest BCUT2D eigenvalue weighted by molar-refractivity contribution is 0.322. The Morgan fingerprint density at radius 2 is 2.37 bits per heavy atom. The second kappa shape index (κ2) is 7.43. The third-order valence-electron chi connectivity index (χ3n) is 2.96. The largest absolute Gasteiger partial charge is 0.492 e. The lowest BCUT2D eigenvalue weighted by Gasteiger charge is -2.09. The summed E-state index contributed by atoms with van der Waals surface area (Å²) < 4.78 is 5.69. The van der Waals surface area contributed by atoms with Crippen molar-refractivity contribution < 1.29 is 4.74 Å². The topological polar surface area (TPSA) is 33.6 Å². The van der Waals surface area contributed by atoms with Crippen molar-refractivity contribution in [2.45, 2.75) is 31.9 Å². The highest BCUT2D eigenvalue weighted by atomic mass is 32.2. The molecule has 0 spiro atoms. The third-order valence-corrected chi connectivity index (χ3v) is 4.18. The van der Waals surface area contributed by atoms with Crippen molar-refractivity contribution in [3.8, 4) is 5.75 Å². The molecule has 4 heteroatoms. The van der Waals surface area contributed by atoms with Crippen molar-refractivity contribution in [3.05, 3.63) is 29.8 Å². The molecule has 0 radical (unpaired) electrons. The number of thioether (sulfide) groups is 1. The van der Waals surface area contributed by atoms with E-state index < -0.39 is 0 Å². The minimum Gasteiger partial charge on any atom is -0.492 e. The van der Waals surface area contributed by atoms with Gasteiger partial charge in [0.15, 0.2) is 5.17 Å². The van der Waals surface area contributed by atoms with Gasteiger partial charge in [-0.25, -0.2) is 0 Å². The van der Waals surface area contributed by atoms with E-state index in [0.29, 0.717) is 11.9 Å². The van der Waals surface area contributed by atoms with E-state index in [4.69, 9.17) is 4.74 Å². The SMILES string of the molecule is CCCC1CN=C(NCCOc2cccc(C)c2)S1. The van der Waals surface area contributed by atoms with Crippen LogP contribution >= 0.6 is 11.8 Å². The van der Waals surface area contributed by atoms with E-state index in [-0.39, 0.29) is 0 Å². The highest BCUT2D eigenvalue weighted by Gasteiger charge is 2.17. The van der Waals surface area contributed by atoms with E-state index >= 15 is 0 Å². The Labute approximate surface area is 119 Å². The molecule has 0 aliphatic carbocycles. The van der Waals surface area contributed by atoms with Gasteiger partial charge in [0.05, 0.1) is 13.1 Å². The van der Waals surface area contributed by atoms with Crippen molar-refractivity contribution in [2.75, 3.05) is 19.7 Å². The fraction of sp³-hybridized carbons (Fsp3) is 0.533. The minimum absolute atomic E-state index is 0.668. The molecule has 1 aliphatic rings. The van der Waals surface area contributed by atoms with Gasteiger partial charge in [-0.3, -0.25) is 4.99 Å². The molecule has 1 unspecified atom stereocenters. The number of amidine groups is 1. The summed E-state index contributed by atoms with van der Waals surface area (Å²) in [6.07, 6.45) is 2.48. The van der Waals surface area contributed by atoms with Crippen molar-refractivity contribution in [3.63, 3.8) is 0 Å². The summed E-state index contributed by atoms with van der Waals surface area (Å²) in [7, 11) is 0. The molecule has 1 atom stereocenters. The second-order valence-electron chi connectivity index (χ2n) is 4.77. The molecule has 1 heterocycles. The number of nitrogens with zero attached hydrogens (tertiary/aromatic N) is 1. The number of hydrogen-bond donors (Lipinski definition) is 1. The van der Waals surface area contributed by atoms with E-state index in [9.17, 15) is 0 Å². The Morgan fingerprint density at radius 3 is 3.16 bits per heavy atom. The Hall–Kier alpha value is -1.16. The van der Waals surface area contributed by atoms with Crippen LogP contribution in [0.5, 0.6) is 5.75 Å². The van der Waals surface area contributed by atoms with Crippen LogP contribution in [0.1, 0.15) is 25.3 Å². The van der Waals surface area contributed by atoms with E-state index in [0.717, 1.165) is 24.0 Å². The van der Waals surface area contributed by atoms with E-state index in [1.807, 2.05) is 23.9 Å². The number of benzene rings is 1. The highest BCUT2D eigenvalue weighted by molar-refractivity contribution is 8.14. The molecule has 0 bridgehead atoms. The maximum Gasteiger partial charge on any atom is 0.157 e. The molecular weight excluding hydrogens is 256 g/mol. The number of aliphatic imine (C=N–C) groups is 1. The summed E-state index contributed by atoms with van der Waals surface area (Å²) in [5.74, 6) is 0.937. The number of nitrogens with one attached hydrogen (secondary N) is 1. The Morgan fingerprint density at radius 1 is 1.47 bits per heavy atom. The van der Waals surface area contributed by atoms with Gasteiger partial charge < -0.3 is 10.1 Å². The third kappa shape index (κ3) is 4.78. The van der Waals surface area contributed by atoms with E-state index in [2.05, 4.69) is 36.3 Å². The summed E-state index contributed by atoms with van der Waals surface area (Å²) in [6.45, 7) is 6.73. The maximum absolute atomic E-state index is 5.69. The zero-order valence-electron chi connectivity index (χ0n) is 11.7. The average Bonchev–Trinajstić information content (AvgIpc) is 2.83. The van der Waals surface area contributed by atoms with Gasteiger partial charge in [-0.05, 0) is 31.0 Å². The second-order valence-corrected chi connectivity index (χ2v) is 6.06. The summed E-state index contributed by atoms with van der Waals surface area (Å²) in [5, 5.41) is 5.09. The van der Waals surface area contributed by atoms with Gasteiger partial charge >= 0.3 is 0 Å². The molecular formula is C15H22N2OS. The first-order chi connectivity index (χ1) is 9.28. The normalized spacial score (nSPS) is 18.2. The van der Waals surface area contributed by atoms with Crippen LogP contribution in [0.4, 0.5) is 0 Å². The lowest BCUT2D eigenvalue weighted by Crippen LogP contribution is -2.25. The molecule has 2 rings (SSSR count). The van der Waals surface area contributed by atoms with Crippen LogP contribution in [0.3, 0.4) is 0 Å². The first-order valence-corrected chi connectivity index (χ1v) is 7.80. The Bertz CT molecular complexity index is 434. The van der Waals surface area contributed by atoms with Crippen LogP contribution in [0.15, 0.2) is 29.3 Å². The quantitative estimate of drug-likeness (QED) is 0.811. The molecule has 1 aromatic rings. The van der Waals surface area contributed by atoms with Crippen molar-refractivity contribution in [1.82, 2.24) is 5.32 Å². The summed E-state index contributed by atoms with van der Waals surface area (Å²) >= 11 is 1.87. The molecule has 104 valence electrons. The lowest BCUT2D eigenvalue weighted by atomic mass is 10.2. The smallest absolute Gasteiger partial charge is 0.157 e. The van der Waals surface area contributed by atoms with Gasteiger partial charge in [0.1, 0.15) is 12.4 Å². The Balaban J connectivity index is 1.62. The molecule has 0 saturated heterocycles. The van der Waals surface area contributed by atoms with Gasteiger partial charge in [0.25, 0.3) is 0 Å².